The number of aromatic nitrogens is 1. The molecule has 0 bridgehead atoms. The summed E-state index contributed by atoms with van der Waals surface area (Å²) >= 11 is 3.31. The number of hydrogen-bond donors (Lipinski definition) is 2. The van der Waals surface area contributed by atoms with Gasteiger partial charge in [0.15, 0.2) is 0 Å². The lowest BCUT2D eigenvalue weighted by molar-refractivity contribution is 0.102. The third kappa shape index (κ3) is 4.17. The molecule has 1 heterocycles. The van der Waals surface area contributed by atoms with E-state index in [2.05, 4.69) is 31.5 Å². The van der Waals surface area contributed by atoms with Crippen LogP contribution >= 0.6 is 15.9 Å². The molecule has 3 aromatic rings. The summed E-state index contributed by atoms with van der Waals surface area (Å²) < 4.78 is 0.768. The maximum absolute atomic E-state index is 12.2. The van der Waals surface area contributed by atoms with Gasteiger partial charge in [0.05, 0.1) is 5.56 Å². The lowest BCUT2D eigenvalue weighted by Gasteiger charge is -2.09. The van der Waals surface area contributed by atoms with Crippen molar-refractivity contribution in [2.45, 2.75) is 0 Å². The van der Waals surface area contributed by atoms with Gasteiger partial charge in [-0.2, -0.15) is 0 Å². The Hall–Kier alpha value is -2.66. The van der Waals surface area contributed by atoms with Crippen LogP contribution in [0.4, 0.5) is 17.1 Å². The Kier molecular flexibility index (Phi) is 4.68. The molecule has 0 saturated carbocycles. The van der Waals surface area contributed by atoms with E-state index >= 15 is 0 Å². The van der Waals surface area contributed by atoms with E-state index in [1.807, 2.05) is 54.6 Å². The Morgan fingerprint density at radius 3 is 2.39 bits per heavy atom. The Balaban J connectivity index is 1.74. The average molecular weight is 368 g/mol. The quantitative estimate of drug-likeness (QED) is 0.693. The highest BCUT2D eigenvalue weighted by Crippen LogP contribution is 2.20. The molecule has 3 rings (SSSR count). The second-order valence-electron chi connectivity index (χ2n) is 4.92. The molecule has 0 aliphatic heterocycles. The number of hydrogen-bond acceptors (Lipinski definition) is 3. The van der Waals surface area contributed by atoms with Crippen LogP contribution in [0, 0.1) is 0 Å². The SMILES string of the molecule is O=C(Nc1cccc(Nc2ccccc2)c1)c1cncc(Br)c1. The highest BCUT2D eigenvalue weighted by Gasteiger charge is 2.07. The molecule has 0 aliphatic rings. The highest BCUT2D eigenvalue weighted by molar-refractivity contribution is 9.10. The molecule has 5 heteroatoms. The van der Waals surface area contributed by atoms with Crippen molar-refractivity contribution in [3.63, 3.8) is 0 Å². The normalized spacial score (nSPS) is 10.1. The van der Waals surface area contributed by atoms with Crippen LogP contribution in [-0.2, 0) is 0 Å². The van der Waals surface area contributed by atoms with E-state index in [1.54, 1.807) is 12.3 Å². The van der Waals surface area contributed by atoms with Crippen molar-refractivity contribution in [2.75, 3.05) is 10.6 Å². The van der Waals surface area contributed by atoms with Crippen molar-refractivity contribution in [1.82, 2.24) is 4.98 Å². The van der Waals surface area contributed by atoms with Crippen molar-refractivity contribution in [3.8, 4) is 0 Å². The van der Waals surface area contributed by atoms with E-state index in [0.717, 1.165) is 21.5 Å². The Morgan fingerprint density at radius 2 is 1.61 bits per heavy atom. The minimum atomic E-state index is -0.198. The van der Waals surface area contributed by atoms with Crippen LogP contribution in [0.15, 0.2) is 77.5 Å². The zero-order valence-electron chi connectivity index (χ0n) is 12.2. The third-order valence-electron chi connectivity index (χ3n) is 3.15. The number of nitrogens with one attached hydrogen (secondary N) is 2. The number of pyridine rings is 1. The third-order valence-corrected chi connectivity index (χ3v) is 3.58. The van der Waals surface area contributed by atoms with E-state index in [9.17, 15) is 4.79 Å². The monoisotopic (exact) mass is 367 g/mol. The summed E-state index contributed by atoms with van der Waals surface area (Å²) in [5, 5.41) is 6.17. The van der Waals surface area contributed by atoms with E-state index in [-0.39, 0.29) is 5.91 Å². The molecule has 0 atom stereocenters. The zero-order chi connectivity index (χ0) is 16.1. The number of halogens is 1. The first-order chi connectivity index (χ1) is 11.2. The molecular formula is C18H14BrN3O. The fraction of sp³-hybridized carbons (Fsp3) is 0. The smallest absolute Gasteiger partial charge is 0.257 e. The van der Waals surface area contributed by atoms with Gasteiger partial charge in [0.25, 0.3) is 5.91 Å². The average Bonchev–Trinajstić information content (AvgIpc) is 2.56. The summed E-state index contributed by atoms with van der Waals surface area (Å²) in [4.78, 5) is 16.2. The maximum atomic E-state index is 12.2. The summed E-state index contributed by atoms with van der Waals surface area (Å²) in [5.74, 6) is -0.198. The minimum absolute atomic E-state index is 0.198. The molecule has 0 aliphatic carbocycles. The largest absolute Gasteiger partial charge is 0.355 e. The number of anilines is 3. The maximum Gasteiger partial charge on any atom is 0.257 e. The summed E-state index contributed by atoms with van der Waals surface area (Å²) in [6.45, 7) is 0. The van der Waals surface area contributed by atoms with Gasteiger partial charge >= 0.3 is 0 Å². The number of carbonyl (C=O) groups is 1. The minimum Gasteiger partial charge on any atom is -0.355 e. The predicted octanol–water partition coefficient (Wildman–Crippen LogP) is 4.84. The van der Waals surface area contributed by atoms with Gasteiger partial charge in [-0.15, -0.1) is 0 Å². The fourth-order valence-corrected chi connectivity index (χ4v) is 2.47. The van der Waals surface area contributed by atoms with Gasteiger partial charge in [-0.25, -0.2) is 0 Å². The Morgan fingerprint density at radius 1 is 0.870 bits per heavy atom. The molecule has 0 spiro atoms. The molecule has 1 aromatic heterocycles. The number of amides is 1. The summed E-state index contributed by atoms with van der Waals surface area (Å²) in [7, 11) is 0. The number of carbonyl (C=O) groups excluding carboxylic acids is 1. The zero-order valence-corrected chi connectivity index (χ0v) is 13.7. The van der Waals surface area contributed by atoms with Crippen LogP contribution in [0.3, 0.4) is 0 Å². The first kappa shape index (κ1) is 15.2. The standard InChI is InChI=1S/C18H14BrN3O/c19-14-9-13(11-20-12-14)18(23)22-17-8-4-7-16(10-17)21-15-5-2-1-3-6-15/h1-12,21H,(H,22,23). The summed E-state index contributed by atoms with van der Waals surface area (Å²) in [6.07, 6.45) is 3.17. The first-order valence-corrected chi connectivity index (χ1v) is 7.84. The van der Waals surface area contributed by atoms with Gasteiger partial charge in [-0.1, -0.05) is 24.3 Å². The van der Waals surface area contributed by atoms with Crippen molar-refractivity contribution < 1.29 is 4.79 Å². The molecule has 0 fully saturated rings. The molecule has 2 N–H and O–H groups in total. The topological polar surface area (TPSA) is 54.0 Å². The van der Waals surface area contributed by atoms with Crippen molar-refractivity contribution in [3.05, 3.63) is 83.1 Å². The molecule has 0 unspecified atom stereocenters. The molecule has 23 heavy (non-hydrogen) atoms. The predicted molar refractivity (Wildman–Crippen MR) is 96.1 cm³/mol. The van der Waals surface area contributed by atoms with Gasteiger partial charge in [0.2, 0.25) is 0 Å². The van der Waals surface area contributed by atoms with Crippen LogP contribution in [0.1, 0.15) is 10.4 Å². The second kappa shape index (κ2) is 7.07. The number of rotatable bonds is 4. The molecule has 114 valence electrons. The van der Waals surface area contributed by atoms with E-state index < -0.39 is 0 Å². The van der Waals surface area contributed by atoms with Crippen molar-refractivity contribution in [2.24, 2.45) is 0 Å². The molecule has 0 saturated heterocycles. The summed E-state index contributed by atoms with van der Waals surface area (Å²) in [6, 6.07) is 19.2. The van der Waals surface area contributed by atoms with E-state index in [0.29, 0.717) is 5.56 Å². The molecular weight excluding hydrogens is 354 g/mol. The first-order valence-electron chi connectivity index (χ1n) is 7.05. The van der Waals surface area contributed by atoms with Crippen LogP contribution < -0.4 is 10.6 Å². The van der Waals surface area contributed by atoms with E-state index in [1.165, 1.54) is 6.20 Å². The van der Waals surface area contributed by atoms with Crippen molar-refractivity contribution in [1.29, 1.82) is 0 Å². The Bertz CT molecular complexity index is 821. The van der Waals surface area contributed by atoms with Crippen LogP contribution in [0.2, 0.25) is 0 Å². The van der Waals surface area contributed by atoms with Crippen LogP contribution in [0.5, 0.6) is 0 Å². The van der Waals surface area contributed by atoms with Crippen LogP contribution in [0.25, 0.3) is 0 Å². The number of benzene rings is 2. The highest BCUT2D eigenvalue weighted by atomic mass is 79.9. The second-order valence-corrected chi connectivity index (χ2v) is 5.83. The molecule has 1 amide bonds. The van der Waals surface area contributed by atoms with Gasteiger partial charge < -0.3 is 10.6 Å². The van der Waals surface area contributed by atoms with E-state index in [4.69, 9.17) is 0 Å². The summed E-state index contributed by atoms with van der Waals surface area (Å²) in [5.41, 5.74) is 3.12. The Labute approximate surface area is 142 Å². The molecule has 2 aromatic carbocycles. The molecule has 4 nitrogen and oxygen atoms in total. The van der Waals surface area contributed by atoms with Gasteiger partial charge in [0, 0.05) is 33.9 Å². The fourth-order valence-electron chi connectivity index (χ4n) is 2.10. The number of nitrogens with zero attached hydrogens (tertiary/aromatic N) is 1. The lowest BCUT2D eigenvalue weighted by Crippen LogP contribution is -2.12. The number of para-hydroxylation sites is 1. The van der Waals surface area contributed by atoms with Gasteiger partial charge in [0.1, 0.15) is 0 Å². The van der Waals surface area contributed by atoms with Crippen LogP contribution in [-0.4, -0.2) is 10.9 Å². The van der Waals surface area contributed by atoms with Gasteiger partial charge in [-0.3, -0.25) is 9.78 Å². The van der Waals surface area contributed by atoms with Crippen molar-refractivity contribution >= 4 is 38.9 Å². The molecule has 0 radical (unpaired) electrons. The van der Waals surface area contributed by atoms with Gasteiger partial charge in [-0.05, 0) is 52.3 Å². The lowest BCUT2D eigenvalue weighted by atomic mass is 10.2.